The highest BCUT2D eigenvalue weighted by molar-refractivity contribution is 6.00. The Morgan fingerprint density at radius 3 is 2.30 bits per heavy atom. The molecule has 0 aliphatic heterocycles. The molecule has 2 rings (SSSR count). The molecule has 1 fully saturated rings. The average molecular weight is 316 g/mol. The maximum Gasteiger partial charge on any atom is 0.229 e. The number of benzene rings is 1. The lowest BCUT2D eigenvalue weighted by molar-refractivity contribution is -0.122. The van der Waals surface area contributed by atoms with E-state index < -0.39 is 11.0 Å². The van der Waals surface area contributed by atoms with E-state index >= 15 is 0 Å². The van der Waals surface area contributed by atoms with Crippen LogP contribution in [0, 0.1) is 11.3 Å². The van der Waals surface area contributed by atoms with E-state index in [0.717, 1.165) is 25.7 Å². The maximum absolute atomic E-state index is 12.5. The predicted molar refractivity (Wildman–Crippen MR) is 93.4 cm³/mol. The molecule has 0 saturated heterocycles. The number of ketones is 1. The number of anilines is 1. The fourth-order valence-corrected chi connectivity index (χ4v) is 3.16. The van der Waals surface area contributed by atoms with Gasteiger partial charge in [-0.25, -0.2) is 0 Å². The number of carbonyl (C=O) groups excluding carboxylic acids is 2. The number of nitrogens with two attached hydrogens (primary N) is 1. The summed E-state index contributed by atoms with van der Waals surface area (Å²) in [5, 5.41) is 2.94. The van der Waals surface area contributed by atoms with Crippen molar-refractivity contribution in [3.8, 4) is 0 Å². The van der Waals surface area contributed by atoms with Crippen molar-refractivity contribution < 1.29 is 9.59 Å². The Bertz CT molecular complexity index is 582. The lowest BCUT2D eigenvalue weighted by Gasteiger charge is -2.37. The molecule has 0 aromatic heterocycles. The Balaban J connectivity index is 2.06. The van der Waals surface area contributed by atoms with Crippen molar-refractivity contribution in [2.75, 3.05) is 5.32 Å². The Labute approximate surface area is 138 Å². The minimum atomic E-state index is -0.440. The van der Waals surface area contributed by atoms with Crippen molar-refractivity contribution in [2.24, 2.45) is 17.1 Å². The van der Waals surface area contributed by atoms with Gasteiger partial charge < -0.3 is 11.1 Å². The smallest absolute Gasteiger partial charge is 0.229 e. The van der Waals surface area contributed by atoms with E-state index in [9.17, 15) is 9.59 Å². The molecule has 4 heteroatoms. The topological polar surface area (TPSA) is 72.2 Å². The zero-order valence-electron chi connectivity index (χ0n) is 14.6. The van der Waals surface area contributed by atoms with Crippen molar-refractivity contribution >= 4 is 17.4 Å². The summed E-state index contributed by atoms with van der Waals surface area (Å²) in [6, 6.07) is 7.11. The zero-order valence-corrected chi connectivity index (χ0v) is 14.6. The molecule has 0 heterocycles. The fraction of sp³-hybridized carbons (Fsp3) is 0.579. The van der Waals surface area contributed by atoms with Crippen LogP contribution in [0.15, 0.2) is 24.3 Å². The van der Waals surface area contributed by atoms with Gasteiger partial charge in [0.2, 0.25) is 5.91 Å². The molecule has 23 heavy (non-hydrogen) atoms. The maximum atomic E-state index is 12.5. The lowest BCUT2D eigenvalue weighted by atomic mass is 9.74. The van der Waals surface area contributed by atoms with Gasteiger partial charge in [0.1, 0.15) is 0 Å². The molecule has 1 aromatic rings. The van der Waals surface area contributed by atoms with Crippen LogP contribution in [0.3, 0.4) is 0 Å². The molecular formula is C19H28N2O2. The zero-order chi connectivity index (χ0) is 17.3. The monoisotopic (exact) mass is 316 g/mol. The lowest BCUT2D eigenvalue weighted by Crippen LogP contribution is -2.51. The Morgan fingerprint density at radius 1 is 1.17 bits per heavy atom. The third-order valence-electron chi connectivity index (χ3n) is 4.67. The third kappa shape index (κ3) is 4.20. The Kier molecular flexibility index (Phi) is 4.95. The molecule has 2 unspecified atom stereocenters. The summed E-state index contributed by atoms with van der Waals surface area (Å²) in [5.41, 5.74) is 6.81. The van der Waals surface area contributed by atoms with Crippen LogP contribution in [-0.2, 0) is 4.79 Å². The van der Waals surface area contributed by atoms with Crippen LogP contribution in [-0.4, -0.2) is 17.2 Å². The molecule has 3 N–H and O–H groups in total. The number of nitrogens with one attached hydrogen (secondary N) is 1. The second kappa shape index (κ2) is 6.44. The van der Waals surface area contributed by atoms with Gasteiger partial charge in [0.25, 0.3) is 0 Å². The molecule has 1 amide bonds. The summed E-state index contributed by atoms with van der Waals surface area (Å²) in [7, 11) is 0. The summed E-state index contributed by atoms with van der Waals surface area (Å²) in [5.74, 6) is -0.0890. The van der Waals surface area contributed by atoms with Crippen molar-refractivity contribution in [2.45, 2.75) is 58.9 Å². The first-order chi connectivity index (χ1) is 10.6. The van der Waals surface area contributed by atoms with E-state index in [1.54, 1.807) is 24.3 Å². The number of hydrogen-bond acceptors (Lipinski definition) is 3. The number of amides is 1. The van der Waals surface area contributed by atoms with Crippen LogP contribution >= 0.6 is 0 Å². The highest BCUT2D eigenvalue weighted by Crippen LogP contribution is 2.32. The molecule has 1 aromatic carbocycles. The van der Waals surface area contributed by atoms with Crippen LogP contribution in [0.2, 0.25) is 0 Å². The standard InChI is InChI=1S/C19H28N2O2/c1-18(2,3)16(22)13-8-10-14(11-9-13)21-17(23)15-7-5-6-12-19(15,4)20/h8-11,15H,5-7,12,20H2,1-4H3,(H,21,23). The van der Waals surface area contributed by atoms with Crippen molar-refractivity contribution in [1.82, 2.24) is 0 Å². The predicted octanol–water partition coefficient (Wildman–Crippen LogP) is 3.76. The van der Waals surface area contributed by atoms with Gasteiger partial charge in [0.05, 0.1) is 5.92 Å². The molecule has 1 aliphatic rings. The van der Waals surface area contributed by atoms with E-state index in [1.807, 2.05) is 27.7 Å². The average Bonchev–Trinajstić information content (AvgIpc) is 2.45. The summed E-state index contributed by atoms with van der Waals surface area (Å²) in [4.78, 5) is 24.7. The highest BCUT2D eigenvalue weighted by atomic mass is 16.2. The molecule has 1 aliphatic carbocycles. The van der Waals surface area contributed by atoms with Crippen LogP contribution in [0.1, 0.15) is 63.7 Å². The van der Waals surface area contributed by atoms with Crippen molar-refractivity contribution in [3.05, 3.63) is 29.8 Å². The SMILES string of the molecule is CC(C)(C)C(=O)c1ccc(NC(=O)C2CCCCC2(C)N)cc1. The highest BCUT2D eigenvalue weighted by Gasteiger charge is 2.37. The van der Waals surface area contributed by atoms with Gasteiger partial charge in [-0.1, -0.05) is 33.6 Å². The summed E-state index contributed by atoms with van der Waals surface area (Å²) in [6.07, 6.45) is 3.84. The molecule has 1 saturated carbocycles. The van der Waals surface area contributed by atoms with Gasteiger partial charge in [-0.05, 0) is 44.0 Å². The molecule has 0 bridgehead atoms. The molecule has 126 valence electrons. The summed E-state index contributed by atoms with van der Waals surface area (Å²) in [6.45, 7) is 7.66. The Hall–Kier alpha value is -1.68. The number of rotatable bonds is 3. The van der Waals surface area contributed by atoms with E-state index in [-0.39, 0.29) is 17.6 Å². The fourth-order valence-electron chi connectivity index (χ4n) is 3.16. The van der Waals surface area contributed by atoms with Gasteiger partial charge in [-0.2, -0.15) is 0 Å². The minimum absolute atomic E-state index is 0.0235. The van der Waals surface area contributed by atoms with E-state index in [2.05, 4.69) is 5.32 Å². The van der Waals surface area contributed by atoms with E-state index in [1.165, 1.54) is 0 Å². The minimum Gasteiger partial charge on any atom is -0.326 e. The van der Waals surface area contributed by atoms with E-state index in [0.29, 0.717) is 11.3 Å². The van der Waals surface area contributed by atoms with Gasteiger partial charge in [0, 0.05) is 22.2 Å². The van der Waals surface area contributed by atoms with Gasteiger partial charge in [-0.3, -0.25) is 9.59 Å². The summed E-state index contributed by atoms with van der Waals surface area (Å²) < 4.78 is 0. The van der Waals surface area contributed by atoms with Gasteiger partial charge in [0.15, 0.2) is 5.78 Å². The molecule has 4 nitrogen and oxygen atoms in total. The molecular weight excluding hydrogens is 288 g/mol. The van der Waals surface area contributed by atoms with Crippen LogP contribution in [0.25, 0.3) is 0 Å². The molecule has 0 radical (unpaired) electrons. The normalized spacial score (nSPS) is 25.0. The van der Waals surface area contributed by atoms with E-state index in [4.69, 9.17) is 5.73 Å². The Morgan fingerprint density at radius 2 is 1.78 bits per heavy atom. The number of hydrogen-bond donors (Lipinski definition) is 2. The van der Waals surface area contributed by atoms with Crippen molar-refractivity contribution in [1.29, 1.82) is 0 Å². The molecule has 0 spiro atoms. The van der Waals surface area contributed by atoms with Gasteiger partial charge in [-0.15, -0.1) is 0 Å². The first kappa shape index (κ1) is 17.7. The second-order valence-corrected chi connectivity index (χ2v) is 7.95. The van der Waals surface area contributed by atoms with Crippen LogP contribution < -0.4 is 11.1 Å². The second-order valence-electron chi connectivity index (χ2n) is 7.95. The summed E-state index contributed by atoms with van der Waals surface area (Å²) >= 11 is 0. The van der Waals surface area contributed by atoms with Crippen LogP contribution in [0.4, 0.5) is 5.69 Å². The van der Waals surface area contributed by atoms with Crippen molar-refractivity contribution in [3.63, 3.8) is 0 Å². The quantitative estimate of drug-likeness (QED) is 0.834. The first-order valence-corrected chi connectivity index (χ1v) is 8.36. The first-order valence-electron chi connectivity index (χ1n) is 8.36. The third-order valence-corrected chi connectivity index (χ3v) is 4.67. The largest absolute Gasteiger partial charge is 0.326 e. The number of Topliss-reactive ketones (excluding diaryl/α,β-unsaturated/α-hetero) is 1. The van der Waals surface area contributed by atoms with Gasteiger partial charge >= 0.3 is 0 Å². The van der Waals surface area contributed by atoms with Crippen LogP contribution in [0.5, 0.6) is 0 Å². The number of carbonyl (C=O) groups is 2. The molecule has 2 atom stereocenters.